The van der Waals surface area contributed by atoms with Gasteiger partial charge in [-0.15, -0.1) is 12.6 Å². The van der Waals surface area contributed by atoms with Crippen LogP contribution < -0.4 is 5.73 Å². The lowest BCUT2D eigenvalue weighted by Gasteiger charge is -2.16. The van der Waals surface area contributed by atoms with Crippen molar-refractivity contribution in [3.8, 4) is 0 Å². The maximum atomic E-state index is 5.81. The first kappa shape index (κ1) is 14.8. The van der Waals surface area contributed by atoms with E-state index in [1.54, 1.807) is 0 Å². The third kappa shape index (κ3) is 6.06. The highest BCUT2D eigenvalue weighted by molar-refractivity contribution is 7.84. The van der Waals surface area contributed by atoms with Crippen LogP contribution in [0.15, 0.2) is 22.1 Å². The van der Waals surface area contributed by atoms with Gasteiger partial charge in [-0.3, -0.25) is 0 Å². The molecule has 0 aromatic heterocycles. The molecule has 0 bridgehead atoms. The SMILES string of the molecule is CC(C)=CCCC(C)/C(C)=C(\S)C(C)N. The second-order valence-corrected chi connectivity index (χ2v) is 5.10. The standard InChI is InChI=1S/C13H25NS/c1-9(2)7-6-8-10(3)11(4)13(15)12(5)14/h7,10,12,15H,6,8,14H2,1-5H3/b13-11-. The average Bonchev–Trinajstić information content (AvgIpc) is 2.14. The zero-order chi connectivity index (χ0) is 12.0. The average molecular weight is 227 g/mol. The molecule has 15 heavy (non-hydrogen) atoms. The normalized spacial score (nSPS) is 16.7. The number of allylic oxidation sites excluding steroid dienone is 3. The molecule has 0 aliphatic carbocycles. The lowest BCUT2D eigenvalue weighted by atomic mass is 9.95. The Hall–Kier alpha value is -0.210. The van der Waals surface area contributed by atoms with Crippen molar-refractivity contribution in [3.05, 3.63) is 22.1 Å². The molecule has 0 radical (unpaired) electrons. The number of nitrogens with two attached hydrogens (primary N) is 1. The quantitative estimate of drug-likeness (QED) is 0.540. The van der Waals surface area contributed by atoms with Crippen molar-refractivity contribution in [1.29, 1.82) is 0 Å². The molecule has 0 aliphatic heterocycles. The Bertz CT molecular complexity index is 247. The van der Waals surface area contributed by atoms with Crippen molar-refractivity contribution in [2.75, 3.05) is 0 Å². The van der Waals surface area contributed by atoms with Gasteiger partial charge in [0.1, 0.15) is 0 Å². The van der Waals surface area contributed by atoms with Gasteiger partial charge in [0, 0.05) is 6.04 Å². The van der Waals surface area contributed by atoms with Crippen molar-refractivity contribution in [2.45, 2.75) is 53.5 Å². The van der Waals surface area contributed by atoms with E-state index in [1.165, 1.54) is 17.6 Å². The number of hydrogen-bond donors (Lipinski definition) is 2. The van der Waals surface area contributed by atoms with Gasteiger partial charge in [0.2, 0.25) is 0 Å². The Morgan fingerprint density at radius 1 is 1.27 bits per heavy atom. The lowest BCUT2D eigenvalue weighted by Crippen LogP contribution is -2.17. The summed E-state index contributed by atoms with van der Waals surface area (Å²) >= 11 is 4.46. The fourth-order valence-corrected chi connectivity index (χ4v) is 1.67. The summed E-state index contributed by atoms with van der Waals surface area (Å²) in [5.41, 5.74) is 8.53. The fourth-order valence-electron chi connectivity index (χ4n) is 1.45. The van der Waals surface area contributed by atoms with E-state index >= 15 is 0 Å². The van der Waals surface area contributed by atoms with Crippen LogP contribution in [0, 0.1) is 5.92 Å². The molecule has 2 unspecified atom stereocenters. The molecule has 1 nitrogen and oxygen atoms in total. The molecule has 0 aliphatic rings. The summed E-state index contributed by atoms with van der Waals surface area (Å²) in [4.78, 5) is 1.04. The van der Waals surface area contributed by atoms with Crippen molar-refractivity contribution in [3.63, 3.8) is 0 Å². The lowest BCUT2D eigenvalue weighted by molar-refractivity contribution is 0.613. The molecule has 2 atom stereocenters. The van der Waals surface area contributed by atoms with Gasteiger partial charge in [-0.25, -0.2) is 0 Å². The molecule has 0 aromatic carbocycles. The van der Waals surface area contributed by atoms with Crippen LogP contribution in [0.5, 0.6) is 0 Å². The van der Waals surface area contributed by atoms with Crippen LogP contribution in [0.3, 0.4) is 0 Å². The minimum absolute atomic E-state index is 0.0548. The Labute approximate surface area is 100 Å². The monoisotopic (exact) mass is 227 g/mol. The van der Waals surface area contributed by atoms with Gasteiger partial charge < -0.3 is 5.73 Å². The highest BCUT2D eigenvalue weighted by atomic mass is 32.1. The predicted molar refractivity (Wildman–Crippen MR) is 73.2 cm³/mol. The van der Waals surface area contributed by atoms with Gasteiger partial charge in [-0.05, 0) is 51.4 Å². The van der Waals surface area contributed by atoms with E-state index in [2.05, 4.69) is 46.4 Å². The van der Waals surface area contributed by atoms with Crippen LogP contribution in [0.1, 0.15) is 47.5 Å². The van der Waals surface area contributed by atoms with E-state index in [0.717, 1.165) is 11.3 Å². The van der Waals surface area contributed by atoms with Gasteiger partial charge in [-0.1, -0.05) is 24.1 Å². The van der Waals surface area contributed by atoms with Gasteiger partial charge in [0.05, 0.1) is 0 Å². The molecule has 0 saturated carbocycles. The highest BCUT2D eigenvalue weighted by Crippen LogP contribution is 2.23. The molecular weight excluding hydrogens is 202 g/mol. The Morgan fingerprint density at radius 3 is 2.20 bits per heavy atom. The van der Waals surface area contributed by atoms with Crippen LogP contribution >= 0.6 is 12.6 Å². The largest absolute Gasteiger partial charge is 0.324 e. The van der Waals surface area contributed by atoms with Crippen LogP contribution in [0.4, 0.5) is 0 Å². The maximum Gasteiger partial charge on any atom is 0.0323 e. The first-order valence-corrected chi connectivity index (χ1v) is 6.09. The third-order valence-corrected chi connectivity index (χ3v) is 3.49. The topological polar surface area (TPSA) is 26.0 Å². The summed E-state index contributed by atoms with van der Waals surface area (Å²) in [6.45, 7) is 10.6. The summed E-state index contributed by atoms with van der Waals surface area (Å²) in [5.74, 6) is 0.569. The Kier molecular flexibility index (Phi) is 7.03. The van der Waals surface area contributed by atoms with Crippen LogP contribution in [0.2, 0.25) is 0 Å². The van der Waals surface area contributed by atoms with Gasteiger partial charge >= 0.3 is 0 Å². The predicted octanol–water partition coefficient (Wildman–Crippen LogP) is 3.92. The molecule has 0 heterocycles. The smallest absolute Gasteiger partial charge is 0.0323 e. The Balaban J connectivity index is 4.27. The molecule has 2 N–H and O–H groups in total. The van der Waals surface area contributed by atoms with Crippen molar-refractivity contribution < 1.29 is 0 Å². The Morgan fingerprint density at radius 2 is 1.80 bits per heavy atom. The molecule has 2 heteroatoms. The molecule has 0 aromatic rings. The first-order chi connectivity index (χ1) is 6.86. The molecule has 0 rings (SSSR count). The maximum absolute atomic E-state index is 5.81. The molecule has 0 fully saturated rings. The molecule has 0 amide bonds. The molecule has 0 spiro atoms. The third-order valence-electron chi connectivity index (χ3n) is 2.73. The molecule has 88 valence electrons. The first-order valence-electron chi connectivity index (χ1n) is 5.64. The van der Waals surface area contributed by atoms with Crippen molar-refractivity contribution in [1.82, 2.24) is 0 Å². The zero-order valence-electron chi connectivity index (χ0n) is 10.7. The van der Waals surface area contributed by atoms with Crippen molar-refractivity contribution in [2.24, 2.45) is 11.7 Å². The van der Waals surface area contributed by atoms with Gasteiger partial charge in [0.15, 0.2) is 0 Å². The summed E-state index contributed by atoms with van der Waals surface area (Å²) in [7, 11) is 0. The van der Waals surface area contributed by atoms with E-state index in [4.69, 9.17) is 5.73 Å². The van der Waals surface area contributed by atoms with Crippen LogP contribution in [-0.4, -0.2) is 6.04 Å². The van der Waals surface area contributed by atoms with Gasteiger partial charge in [0.25, 0.3) is 0 Å². The number of thiol groups is 1. The van der Waals surface area contributed by atoms with E-state index in [9.17, 15) is 0 Å². The van der Waals surface area contributed by atoms with E-state index < -0.39 is 0 Å². The summed E-state index contributed by atoms with van der Waals surface area (Å²) < 4.78 is 0. The molecular formula is C13H25NS. The minimum atomic E-state index is 0.0548. The van der Waals surface area contributed by atoms with Gasteiger partial charge in [-0.2, -0.15) is 0 Å². The van der Waals surface area contributed by atoms with E-state index in [0.29, 0.717) is 5.92 Å². The number of hydrogen-bond acceptors (Lipinski definition) is 2. The zero-order valence-corrected chi connectivity index (χ0v) is 11.6. The van der Waals surface area contributed by atoms with Crippen LogP contribution in [0.25, 0.3) is 0 Å². The van der Waals surface area contributed by atoms with E-state index in [1.807, 2.05) is 6.92 Å². The highest BCUT2D eigenvalue weighted by Gasteiger charge is 2.09. The number of rotatable bonds is 5. The van der Waals surface area contributed by atoms with E-state index in [-0.39, 0.29) is 6.04 Å². The molecule has 0 saturated heterocycles. The fraction of sp³-hybridized carbons (Fsp3) is 0.692. The minimum Gasteiger partial charge on any atom is -0.324 e. The summed E-state index contributed by atoms with van der Waals surface area (Å²) in [6, 6.07) is 0.0548. The summed E-state index contributed by atoms with van der Waals surface area (Å²) in [6.07, 6.45) is 4.60. The van der Waals surface area contributed by atoms with Crippen molar-refractivity contribution >= 4 is 12.6 Å². The second kappa shape index (κ2) is 7.13. The summed E-state index contributed by atoms with van der Waals surface area (Å²) in [5, 5.41) is 0. The van der Waals surface area contributed by atoms with Crippen LogP contribution in [-0.2, 0) is 0 Å². The second-order valence-electron chi connectivity index (χ2n) is 4.62.